The summed E-state index contributed by atoms with van der Waals surface area (Å²) < 4.78 is 12.5. The predicted molar refractivity (Wildman–Crippen MR) is 138 cm³/mol. The number of halogens is 1. The molecule has 2 aliphatic heterocycles. The van der Waals surface area contributed by atoms with Gasteiger partial charge in [0.1, 0.15) is 23.2 Å². The van der Waals surface area contributed by atoms with Gasteiger partial charge in [-0.05, 0) is 48.0 Å². The number of pyridine rings is 3. The highest BCUT2D eigenvalue weighted by molar-refractivity contribution is 6.30. The van der Waals surface area contributed by atoms with Crippen molar-refractivity contribution in [3.8, 4) is 11.5 Å². The Morgan fingerprint density at radius 1 is 1.17 bits per heavy atom. The van der Waals surface area contributed by atoms with Crippen molar-refractivity contribution in [1.82, 2.24) is 15.0 Å². The number of hydrogen-bond acceptors (Lipinski definition) is 7. The minimum absolute atomic E-state index is 0.109. The van der Waals surface area contributed by atoms with Crippen LogP contribution in [0.5, 0.6) is 11.5 Å². The molecule has 1 fully saturated rings. The highest BCUT2D eigenvalue weighted by atomic mass is 35.5. The smallest absolute Gasteiger partial charge is 0.271 e. The first-order chi connectivity index (χ1) is 17.6. The number of nitrogens with one attached hydrogen (secondary N) is 2. The van der Waals surface area contributed by atoms with Gasteiger partial charge in [0.2, 0.25) is 0 Å². The quantitative estimate of drug-likeness (QED) is 0.360. The molecule has 1 atom stereocenters. The molecule has 1 saturated heterocycles. The predicted octanol–water partition coefficient (Wildman–Crippen LogP) is 4.70. The standard InChI is InChI=1S/C27H24ClN5O3/c28-20-10-17(13-29-15-20)14-32-21-3-4-23-19(12-21)11-18-5-7-30-25(26(18)36-23)24-16-33(8-9-35-24)22-2-1-6-31-27(22)34/h1-7,10,12-13,15,24,32H,8-9,11,14,16H2,(H,31,34). The van der Waals surface area contributed by atoms with Gasteiger partial charge in [-0.25, -0.2) is 0 Å². The molecule has 3 aromatic heterocycles. The summed E-state index contributed by atoms with van der Waals surface area (Å²) in [6.45, 7) is 2.28. The highest BCUT2D eigenvalue weighted by Crippen LogP contribution is 2.42. The van der Waals surface area contributed by atoms with Gasteiger partial charge in [-0.1, -0.05) is 11.6 Å². The fraction of sp³-hybridized carbons (Fsp3) is 0.222. The van der Waals surface area contributed by atoms with E-state index >= 15 is 0 Å². The van der Waals surface area contributed by atoms with Gasteiger partial charge >= 0.3 is 0 Å². The van der Waals surface area contributed by atoms with E-state index in [0.29, 0.717) is 37.0 Å². The Kier molecular flexibility index (Phi) is 6.04. The molecule has 0 saturated carbocycles. The van der Waals surface area contributed by atoms with Crippen molar-refractivity contribution in [3.05, 3.63) is 105 Å². The number of aromatic amines is 1. The first-order valence-corrected chi connectivity index (χ1v) is 12.2. The summed E-state index contributed by atoms with van der Waals surface area (Å²) in [6, 6.07) is 13.6. The molecule has 2 aliphatic rings. The van der Waals surface area contributed by atoms with Gasteiger partial charge < -0.3 is 24.7 Å². The number of nitrogens with zero attached hydrogens (tertiary/aromatic N) is 3. The Labute approximate surface area is 212 Å². The summed E-state index contributed by atoms with van der Waals surface area (Å²) >= 11 is 6.05. The lowest BCUT2D eigenvalue weighted by atomic mass is 9.98. The van der Waals surface area contributed by atoms with E-state index in [1.807, 2.05) is 41.3 Å². The zero-order valence-corrected chi connectivity index (χ0v) is 20.2. The van der Waals surface area contributed by atoms with E-state index in [-0.39, 0.29) is 11.7 Å². The maximum atomic E-state index is 12.3. The third-order valence-corrected chi connectivity index (χ3v) is 6.64. The lowest BCUT2D eigenvalue weighted by Gasteiger charge is -2.34. The van der Waals surface area contributed by atoms with E-state index in [4.69, 9.17) is 21.1 Å². The molecule has 1 unspecified atom stereocenters. The number of hydrogen-bond donors (Lipinski definition) is 2. The first kappa shape index (κ1) is 22.6. The molecular formula is C27H24ClN5O3. The highest BCUT2D eigenvalue weighted by Gasteiger charge is 2.30. The van der Waals surface area contributed by atoms with Crippen LogP contribution >= 0.6 is 11.6 Å². The Balaban J connectivity index is 1.21. The summed E-state index contributed by atoms with van der Waals surface area (Å²) in [5.74, 6) is 1.54. The second-order valence-electron chi connectivity index (χ2n) is 8.84. The van der Waals surface area contributed by atoms with Crippen LogP contribution in [-0.4, -0.2) is 34.6 Å². The van der Waals surface area contributed by atoms with Crippen LogP contribution in [-0.2, 0) is 17.7 Å². The molecule has 0 radical (unpaired) electrons. The maximum absolute atomic E-state index is 12.3. The summed E-state index contributed by atoms with van der Waals surface area (Å²) in [4.78, 5) is 25.9. The molecule has 5 heterocycles. The van der Waals surface area contributed by atoms with Crippen LogP contribution in [0.2, 0.25) is 5.02 Å². The van der Waals surface area contributed by atoms with E-state index in [2.05, 4.69) is 26.3 Å². The van der Waals surface area contributed by atoms with Crippen LogP contribution < -0.4 is 20.5 Å². The number of aromatic nitrogens is 3. The molecule has 36 heavy (non-hydrogen) atoms. The largest absolute Gasteiger partial charge is 0.455 e. The van der Waals surface area contributed by atoms with Crippen LogP contribution in [0.4, 0.5) is 11.4 Å². The lowest BCUT2D eigenvalue weighted by Crippen LogP contribution is -2.41. The molecular weight excluding hydrogens is 478 g/mol. The molecule has 0 bridgehead atoms. The first-order valence-electron chi connectivity index (χ1n) is 11.8. The van der Waals surface area contributed by atoms with Gasteiger partial charge in [-0.2, -0.15) is 0 Å². The fourth-order valence-electron chi connectivity index (χ4n) is 4.69. The zero-order valence-electron chi connectivity index (χ0n) is 19.4. The van der Waals surface area contributed by atoms with Gasteiger partial charge in [0.25, 0.3) is 5.56 Å². The monoisotopic (exact) mass is 501 g/mol. The number of anilines is 2. The fourth-order valence-corrected chi connectivity index (χ4v) is 4.88. The summed E-state index contributed by atoms with van der Waals surface area (Å²) in [5.41, 5.74) is 5.44. The van der Waals surface area contributed by atoms with Gasteiger partial charge in [0, 0.05) is 61.1 Å². The average molecular weight is 502 g/mol. The van der Waals surface area contributed by atoms with Crippen molar-refractivity contribution in [3.63, 3.8) is 0 Å². The van der Waals surface area contributed by atoms with E-state index in [1.54, 1.807) is 24.8 Å². The van der Waals surface area contributed by atoms with Crippen LogP contribution in [0.3, 0.4) is 0 Å². The van der Waals surface area contributed by atoms with E-state index < -0.39 is 0 Å². The molecule has 0 spiro atoms. The molecule has 2 N–H and O–H groups in total. The lowest BCUT2D eigenvalue weighted by molar-refractivity contribution is 0.0354. The van der Waals surface area contributed by atoms with Crippen molar-refractivity contribution in [2.45, 2.75) is 19.1 Å². The molecule has 0 aliphatic carbocycles. The van der Waals surface area contributed by atoms with Crippen molar-refractivity contribution >= 4 is 23.0 Å². The maximum Gasteiger partial charge on any atom is 0.271 e. The summed E-state index contributed by atoms with van der Waals surface area (Å²) in [5, 5.41) is 4.05. The molecule has 1 aromatic carbocycles. The Morgan fingerprint density at radius 2 is 2.11 bits per heavy atom. The third kappa shape index (κ3) is 4.53. The topological polar surface area (TPSA) is 92.4 Å². The SMILES string of the molecule is O=c1[nH]cccc1N1CCOC(c2nccc3c2Oc2ccc(NCc4cncc(Cl)c4)cc2C3)C1. The van der Waals surface area contributed by atoms with Gasteiger partial charge in [-0.3, -0.25) is 14.8 Å². The summed E-state index contributed by atoms with van der Waals surface area (Å²) in [6.07, 6.45) is 7.28. The number of benzene rings is 1. The van der Waals surface area contributed by atoms with Crippen LogP contribution in [0.25, 0.3) is 0 Å². The third-order valence-electron chi connectivity index (χ3n) is 6.43. The molecule has 4 aromatic rings. The van der Waals surface area contributed by atoms with Crippen molar-refractivity contribution in [2.75, 3.05) is 29.9 Å². The minimum Gasteiger partial charge on any atom is -0.455 e. The minimum atomic E-state index is -0.304. The number of H-pyrrole nitrogens is 1. The second-order valence-corrected chi connectivity index (χ2v) is 9.28. The zero-order chi connectivity index (χ0) is 24.5. The van der Waals surface area contributed by atoms with Gasteiger partial charge in [0.15, 0.2) is 5.75 Å². The molecule has 182 valence electrons. The van der Waals surface area contributed by atoms with E-state index in [0.717, 1.165) is 46.0 Å². The molecule has 0 amide bonds. The number of fused-ring (bicyclic) bond motifs is 2. The summed E-state index contributed by atoms with van der Waals surface area (Å²) in [7, 11) is 0. The van der Waals surface area contributed by atoms with Gasteiger partial charge in [0.05, 0.1) is 18.2 Å². The Bertz CT molecular complexity index is 1470. The Morgan fingerprint density at radius 3 is 3.00 bits per heavy atom. The van der Waals surface area contributed by atoms with Gasteiger partial charge in [-0.15, -0.1) is 0 Å². The second kappa shape index (κ2) is 9.64. The molecule has 6 rings (SSSR count). The number of ether oxygens (including phenoxy) is 2. The molecule has 9 heteroatoms. The number of morpholine rings is 1. The van der Waals surface area contributed by atoms with Crippen molar-refractivity contribution in [2.24, 2.45) is 0 Å². The van der Waals surface area contributed by atoms with Crippen LogP contribution in [0, 0.1) is 0 Å². The van der Waals surface area contributed by atoms with Crippen LogP contribution in [0.15, 0.2) is 72.0 Å². The Hall–Kier alpha value is -3.88. The number of rotatable bonds is 5. The van der Waals surface area contributed by atoms with E-state index in [1.165, 1.54) is 0 Å². The van der Waals surface area contributed by atoms with Crippen molar-refractivity contribution in [1.29, 1.82) is 0 Å². The molecule has 8 nitrogen and oxygen atoms in total. The van der Waals surface area contributed by atoms with Crippen molar-refractivity contribution < 1.29 is 9.47 Å². The van der Waals surface area contributed by atoms with E-state index in [9.17, 15) is 4.79 Å². The van der Waals surface area contributed by atoms with Crippen LogP contribution in [0.1, 0.15) is 28.5 Å². The average Bonchev–Trinajstić information content (AvgIpc) is 2.91. The normalized spacial score (nSPS) is 16.6.